The van der Waals surface area contributed by atoms with E-state index in [0.717, 1.165) is 37.8 Å². The molecule has 4 nitrogen and oxygen atoms in total. The highest BCUT2D eigenvalue weighted by Crippen LogP contribution is 2.22. The lowest BCUT2D eigenvalue weighted by molar-refractivity contribution is 0.550. The van der Waals surface area contributed by atoms with Crippen LogP contribution >= 0.6 is 0 Å². The number of hydrogen-bond acceptors (Lipinski definition) is 3. The molecule has 0 atom stereocenters. The van der Waals surface area contributed by atoms with Gasteiger partial charge in [0.05, 0.1) is 4.90 Å². The van der Waals surface area contributed by atoms with Crippen molar-refractivity contribution in [1.29, 1.82) is 0 Å². The van der Waals surface area contributed by atoms with E-state index in [1.54, 1.807) is 12.1 Å². The molecule has 1 aliphatic carbocycles. The Balaban J connectivity index is 2.18. The van der Waals surface area contributed by atoms with Crippen LogP contribution in [-0.2, 0) is 16.6 Å². The van der Waals surface area contributed by atoms with E-state index in [0.29, 0.717) is 11.4 Å². The van der Waals surface area contributed by atoms with E-state index in [2.05, 4.69) is 10.0 Å². The Morgan fingerprint density at radius 2 is 1.89 bits per heavy atom. The van der Waals surface area contributed by atoms with Gasteiger partial charge in [-0.2, -0.15) is 0 Å². The summed E-state index contributed by atoms with van der Waals surface area (Å²) in [5.41, 5.74) is 0.829. The molecule has 1 aromatic rings. The van der Waals surface area contributed by atoms with Gasteiger partial charge in [-0.15, -0.1) is 0 Å². The highest BCUT2D eigenvalue weighted by molar-refractivity contribution is 7.89. The highest BCUT2D eigenvalue weighted by Gasteiger charge is 2.24. The van der Waals surface area contributed by atoms with E-state index in [9.17, 15) is 8.42 Å². The first-order valence-electron chi connectivity index (χ1n) is 6.94. The third kappa shape index (κ3) is 3.78. The fraction of sp³-hybridized carbons (Fsp3) is 0.571. The summed E-state index contributed by atoms with van der Waals surface area (Å²) in [7, 11) is -3.39. The molecule has 0 saturated heterocycles. The summed E-state index contributed by atoms with van der Waals surface area (Å²) in [6, 6.07) is 7.31. The Morgan fingerprint density at radius 3 is 2.58 bits per heavy atom. The van der Waals surface area contributed by atoms with Crippen LogP contribution in [-0.4, -0.2) is 21.0 Å². The Morgan fingerprint density at radius 1 is 1.21 bits per heavy atom. The molecule has 2 rings (SSSR count). The fourth-order valence-electron chi connectivity index (χ4n) is 2.50. The zero-order valence-corrected chi connectivity index (χ0v) is 12.2. The maximum Gasteiger partial charge on any atom is 0.241 e. The molecule has 0 amide bonds. The zero-order valence-electron chi connectivity index (χ0n) is 11.4. The molecule has 0 radical (unpaired) electrons. The summed E-state index contributed by atoms with van der Waals surface area (Å²) < 4.78 is 27.7. The van der Waals surface area contributed by atoms with Crippen molar-refractivity contribution in [2.45, 2.75) is 50.1 Å². The lowest BCUT2D eigenvalue weighted by Gasteiger charge is -2.15. The van der Waals surface area contributed by atoms with Gasteiger partial charge in [-0.1, -0.05) is 38.0 Å². The molecule has 1 aliphatic rings. The van der Waals surface area contributed by atoms with Crippen LogP contribution in [0.3, 0.4) is 0 Å². The van der Waals surface area contributed by atoms with Gasteiger partial charge in [0.25, 0.3) is 0 Å². The van der Waals surface area contributed by atoms with E-state index in [1.165, 1.54) is 0 Å². The molecule has 2 N–H and O–H groups in total. The maximum atomic E-state index is 12.4. The predicted molar refractivity (Wildman–Crippen MR) is 76.4 cm³/mol. The SMILES string of the molecule is CCNCc1ccccc1S(=O)(=O)NC1CCCC1. The third-order valence-electron chi connectivity index (χ3n) is 3.50. The van der Waals surface area contributed by atoms with Gasteiger partial charge in [-0.05, 0) is 31.0 Å². The summed E-state index contributed by atoms with van der Waals surface area (Å²) in [4.78, 5) is 0.405. The summed E-state index contributed by atoms with van der Waals surface area (Å²) in [6.07, 6.45) is 4.14. The molecule has 0 aliphatic heterocycles. The number of hydrogen-bond donors (Lipinski definition) is 2. The second-order valence-electron chi connectivity index (χ2n) is 4.99. The lowest BCUT2D eigenvalue weighted by atomic mass is 10.2. The van der Waals surface area contributed by atoms with Crippen molar-refractivity contribution in [3.05, 3.63) is 29.8 Å². The molecule has 1 saturated carbocycles. The Labute approximate surface area is 115 Å². The molecular weight excluding hydrogens is 260 g/mol. The first-order valence-corrected chi connectivity index (χ1v) is 8.43. The molecule has 0 unspecified atom stereocenters. The average Bonchev–Trinajstić information content (AvgIpc) is 2.88. The van der Waals surface area contributed by atoms with Gasteiger partial charge in [0.15, 0.2) is 0 Å². The number of sulfonamides is 1. The quantitative estimate of drug-likeness (QED) is 0.839. The standard InChI is InChI=1S/C14H22N2O2S/c1-2-15-11-12-7-3-6-10-14(12)19(17,18)16-13-8-4-5-9-13/h3,6-7,10,13,15-16H,2,4-5,8-9,11H2,1H3. The first kappa shape index (κ1) is 14.5. The molecular formula is C14H22N2O2S. The van der Waals surface area contributed by atoms with Crippen LogP contribution in [0.5, 0.6) is 0 Å². The minimum Gasteiger partial charge on any atom is -0.313 e. The van der Waals surface area contributed by atoms with Crippen molar-refractivity contribution in [2.75, 3.05) is 6.54 Å². The van der Waals surface area contributed by atoms with E-state index < -0.39 is 10.0 Å². The Kier molecular flexibility index (Phi) is 4.96. The van der Waals surface area contributed by atoms with Crippen LogP contribution < -0.4 is 10.0 Å². The topological polar surface area (TPSA) is 58.2 Å². The van der Waals surface area contributed by atoms with E-state index in [1.807, 2.05) is 19.1 Å². The number of nitrogens with one attached hydrogen (secondary N) is 2. The first-order chi connectivity index (χ1) is 9.13. The predicted octanol–water partition coefficient (Wildman–Crippen LogP) is 2.02. The van der Waals surface area contributed by atoms with E-state index in [4.69, 9.17) is 0 Å². The van der Waals surface area contributed by atoms with Gasteiger partial charge < -0.3 is 5.32 Å². The maximum absolute atomic E-state index is 12.4. The second-order valence-corrected chi connectivity index (χ2v) is 6.67. The van der Waals surface area contributed by atoms with Gasteiger partial charge >= 0.3 is 0 Å². The van der Waals surface area contributed by atoms with Crippen LogP contribution in [0.2, 0.25) is 0 Å². The van der Waals surface area contributed by atoms with E-state index in [-0.39, 0.29) is 6.04 Å². The van der Waals surface area contributed by atoms with Crippen molar-refractivity contribution >= 4 is 10.0 Å². The summed E-state index contributed by atoms with van der Waals surface area (Å²) in [6.45, 7) is 3.41. The molecule has 106 valence electrons. The number of benzene rings is 1. The van der Waals surface area contributed by atoms with Crippen LogP contribution in [0.15, 0.2) is 29.2 Å². The van der Waals surface area contributed by atoms with Crippen LogP contribution in [0.25, 0.3) is 0 Å². The van der Waals surface area contributed by atoms with Crippen molar-refractivity contribution in [2.24, 2.45) is 0 Å². The summed E-state index contributed by atoms with van der Waals surface area (Å²) in [5, 5.41) is 3.18. The molecule has 0 spiro atoms. The van der Waals surface area contributed by atoms with Gasteiger partial charge in [0.2, 0.25) is 10.0 Å². The summed E-state index contributed by atoms with van der Waals surface area (Å²) >= 11 is 0. The molecule has 5 heteroatoms. The smallest absolute Gasteiger partial charge is 0.241 e. The summed E-state index contributed by atoms with van der Waals surface area (Å²) in [5.74, 6) is 0. The molecule has 1 aromatic carbocycles. The molecule has 19 heavy (non-hydrogen) atoms. The van der Waals surface area contributed by atoms with Crippen molar-refractivity contribution in [3.63, 3.8) is 0 Å². The highest BCUT2D eigenvalue weighted by atomic mass is 32.2. The largest absolute Gasteiger partial charge is 0.313 e. The Bertz CT molecular complexity index is 508. The van der Waals surface area contributed by atoms with Gasteiger partial charge in [0, 0.05) is 12.6 Å². The minimum atomic E-state index is -3.39. The van der Waals surface area contributed by atoms with Crippen molar-refractivity contribution in [3.8, 4) is 0 Å². The number of rotatable bonds is 6. The second kappa shape index (κ2) is 6.50. The van der Waals surface area contributed by atoms with Gasteiger partial charge in [0.1, 0.15) is 0 Å². The monoisotopic (exact) mass is 282 g/mol. The molecule has 1 fully saturated rings. The van der Waals surface area contributed by atoms with Crippen molar-refractivity contribution in [1.82, 2.24) is 10.0 Å². The van der Waals surface area contributed by atoms with Crippen LogP contribution in [0.1, 0.15) is 38.2 Å². The Hall–Kier alpha value is -0.910. The minimum absolute atomic E-state index is 0.109. The van der Waals surface area contributed by atoms with Crippen LogP contribution in [0.4, 0.5) is 0 Å². The normalized spacial score (nSPS) is 16.9. The molecule has 0 bridgehead atoms. The van der Waals surface area contributed by atoms with Crippen molar-refractivity contribution < 1.29 is 8.42 Å². The fourth-order valence-corrected chi connectivity index (χ4v) is 4.04. The third-order valence-corrected chi connectivity index (χ3v) is 5.13. The lowest BCUT2D eigenvalue weighted by Crippen LogP contribution is -2.33. The van der Waals surface area contributed by atoms with Gasteiger partial charge in [-0.3, -0.25) is 0 Å². The molecule has 0 heterocycles. The zero-order chi connectivity index (χ0) is 13.7. The average molecular weight is 282 g/mol. The van der Waals surface area contributed by atoms with E-state index >= 15 is 0 Å². The molecule has 0 aromatic heterocycles. The van der Waals surface area contributed by atoms with Gasteiger partial charge in [-0.25, -0.2) is 13.1 Å². The van der Waals surface area contributed by atoms with Crippen LogP contribution in [0, 0.1) is 0 Å².